The van der Waals surface area contributed by atoms with E-state index in [4.69, 9.17) is 14.7 Å². The Morgan fingerprint density at radius 2 is 0.950 bits per heavy atom. The van der Waals surface area contributed by atoms with E-state index in [1.807, 2.05) is 42.7 Å². The number of hydrogen-bond acceptors (Lipinski definition) is 4. The molecule has 1 spiro atoms. The van der Waals surface area contributed by atoms with Crippen molar-refractivity contribution < 1.29 is 4.74 Å². The Bertz CT molecular complexity index is 3630. The van der Waals surface area contributed by atoms with Crippen LogP contribution < -0.4 is 4.74 Å². The van der Waals surface area contributed by atoms with Crippen molar-refractivity contribution in [1.29, 1.82) is 5.26 Å². The molecule has 6 nitrogen and oxygen atoms in total. The average Bonchev–Trinajstić information content (AvgIpc) is 3.93. The predicted octanol–water partition coefficient (Wildman–Crippen LogP) is 12.7. The van der Waals surface area contributed by atoms with Crippen LogP contribution in [0.4, 0.5) is 0 Å². The van der Waals surface area contributed by atoms with Gasteiger partial charge in [-0.25, -0.2) is 0 Å². The molecule has 7 aromatic carbocycles. The third-order valence-corrected chi connectivity index (χ3v) is 12.7. The molecule has 0 N–H and O–H groups in total. The summed E-state index contributed by atoms with van der Waals surface area (Å²) in [7, 11) is 0. The van der Waals surface area contributed by atoms with Gasteiger partial charge in [0, 0.05) is 45.1 Å². The predicted molar refractivity (Wildman–Crippen MR) is 238 cm³/mol. The molecule has 11 aromatic rings. The summed E-state index contributed by atoms with van der Waals surface area (Å²) in [5.41, 5.74) is 14.9. The number of benzene rings is 7. The van der Waals surface area contributed by atoms with Crippen molar-refractivity contribution in [1.82, 2.24) is 19.1 Å². The molecule has 1 aliphatic heterocycles. The van der Waals surface area contributed by atoms with Gasteiger partial charge >= 0.3 is 0 Å². The number of para-hydroxylation sites is 5. The molecule has 0 atom stereocenters. The molecule has 60 heavy (non-hydrogen) atoms. The Morgan fingerprint density at radius 1 is 0.433 bits per heavy atom. The fraction of sp³-hybridized carbons (Fsp3) is 0.0185. The van der Waals surface area contributed by atoms with Crippen LogP contribution in [-0.4, -0.2) is 19.1 Å². The molecule has 0 radical (unpaired) electrons. The minimum absolute atomic E-state index is 0.648. The van der Waals surface area contributed by atoms with Crippen LogP contribution in [0.2, 0.25) is 0 Å². The molecule has 0 unspecified atom stereocenters. The summed E-state index contributed by atoms with van der Waals surface area (Å²) in [5, 5.41) is 14.3. The minimum atomic E-state index is -0.653. The van der Waals surface area contributed by atoms with Gasteiger partial charge in [-0.2, -0.15) is 5.26 Å². The first-order valence-electron chi connectivity index (χ1n) is 20.1. The summed E-state index contributed by atoms with van der Waals surface area (Å²) < 4.78 is 11.4. The molecule has 0 saturated carbocycles. The number of nitrogens with zero attached hydrogens (tertiary/aromatic N) is 5. The number of hydrogen-bond donors (Lipinski definition) is 0. The van der Waals surface area contributed by atoms with E-state index >= 15 is 0 Å². The number of aromatic nitrogens is 4. The second-order valence-corrected chi connectivity index (χ2v) is 15.6. The lowest BCUT2D eigenvalue weighted by atomic mass is 9.66. The normalized spacial score (nSPS) is 13.2. The summed E-state index contributed by atoms with van der Waals surface area (Å²) in [6.07, 6.45) is 3.72. The Kier molecular flexibility index (Phi) is 6.62. The monoisotopic (exact) mass is 765 g/mol. The first-order chi connectivity index (χ1) is 29.7. The van der Waals surface area contributed by atoms with Crippen molar-refractivity contribution in [3.8, 4) is 51.5 Å². The van der Waals surface area contributed by atoms with Crippen molar-refractivity contribution in [3.05, 3.63) is 216 Å². The maximum atomic E-state index is 9.79. The molecule has 4 aromatic heterocycles. The van der Waals surface area contributed by atoms with Crippen LogP contribution in [0.25, 0.3) is 77.5 Å². The Labute approximate surface area is 344 Å². The van der Waals surface area contributed by atoms with E-state index < -0.39 is 5.41 Å². The van der Waals surface area contributed by atoms with Gasteiger partial charge in [-0.1, -0.05) is 91.0 Å². The molecular formula is C54H31N5O. The van der Waals surface area contributed by atoms with Gasteiger partial charge in [0.05, 0.1) is 61.9 Å². The van der Waals surface area contributed by atoms with Gasteiger partial charge in [0.1, 0.15) is 11.5 Å². The highest BCUT2D eigenvalue weighted by Gasteiger charge is 2.52. The zero-order chi connectivity index (χ0) is 39.5. The Balaban J connectivity index is 1.03. The molecule has 6 heteroatoms. The summed E-state index contributed by atoms with van der Waals surface area (Å²) in [5.74, 6) is 1.67. The van der Waals surface area contributed by atoms with Crippen molar-refractivity contribution in [2.45, 2.75) is 5.41 Å². The third-order valence-electron chi connectivity index (χ3n) is 12.7. The second-order valence-electron chi connectivity index (χ2n) is 15.6. The van der Waals surface area contributed by atoms with Gasteiger partial charge in [0.15, 0.2) is 0 Å². The number of rotatable bonds is 3. The molecular weight excluding hydrogens is 735 g/mol. The summed E-state index contributed by atoms with van der Waals surface area (Å²) in [6.45, 7) is 0. The second kappa shape index (κ2) is 12.1. The average molecular weight is 766 g/mol. The van der Waals surface area contributed by atoms with Crippen LogP contribution >= 0.6 is 0 Å². The number of pyridine rings is 2. The molecule has 0 saturated heterocycles. The van der Waals surface area contributed by atoms with Gasteiger partial charge < -0.3 is 13.9 Å². The summed E-state index contributed by atoms with van der Waals surface area (Å²) >= 11 is 0. The minimum Gasteiger partial charge on any atom is -0.457 e. The van der Waals surface area contributed by atoms with Gasteiger partial charge in [0.2, 0.25) is 0 Å². The first-order valence-corrected chi connectivity index (χ1v) is 20.1. The zero-order valence-electron chi connectivity index (χ0n) is 32.0. The number of fused-ring (bicyclic) bond motifs is 15. The van der Waals surface area contributed by atoms with Crippen LogP contribution in [0.5, 0.6) is 11.5 Å². The highest BCUT2D eigenvalue weighted by molar-refractivity contribution is 6.12. The van der Waals surface area contributed by atoms with Crippen LogP contribution in [0.1, 0.15) is 27.8 Å². The maximum absolute atomic E-state index is 9.79. The molecule has 278 valence electrons. The van der Waals surface area contributed by atoms with Crippen molar-refractivity contribution in [2.75, 3.05) is 0 Å². The largest absolute Gasteiger partial charge is 0.457 e. The van der Waals surface area contributed by atoms with Crippen LogP contribution in [-0.2, 0) is 5.41 Å². The van der Waals surface area contributed by atoms with E-state index in [1.54, 1.807) is 0 Å². The van der Waals surface area contributed by atoms with Gasteiger partial charge in [-0.3, -0.25) is 9.97 Å². The van der Waals surface area contributed by atoms with E-state index in [9.17, 15) is 5.26 Å². The maximum Gasteiger partial charge on any atom is 0.132 e. The fourth-order valence-electron chi connectivity index (χ4n) is 10.3. The van der Waals surface area contributed by atoms with E-state index in [2.05, 4.69) is 161 Å². The molecule has 2 aliphatic rings. The molecule has 1 aliphatic carbocycles. The van der Waals surface area contributed by atoms with Crippen LogP contribution in [0.3, 0.4) is 0 Å². The highest BCUT2D eigenvalue weighted by Crippen LogP contribution is 2.61. The summed E-state index contributed by atoms with van der Waals surface area (Å²) in [4.78, 5) is 9.81. The Morgan fingerprint density at radius 3 is 1.63 bits per heavy atom. The fourth-order valence-corrected chi connectivity index (χ4v) is 10.3. The smallest absolute Gasteiger partial charge is 0.132 e. The van der Waals surface area contributed by atoms with Crippen molar-refractivity contribution in [2.24, 2.45) is 0 Å². The van der Waals surface area contributed by atoms with E-state index in [0.717, 1.165) is 106 Å². The van der Waals surface area contributed by atoms with E-state index in [0.29, 0.717) is 5.56 Å². The third kappa shape index (κ3) is 4.25. The van der Waals surface area contributed by atoms with Crippen molar-refractivity contribution in [3.63, 3.8) is 0 Å². The van der Waals surface area contributed by atoms with E-state index in [1.165, 1.54) is 5.39 Å². The molecule has 0 amide bonds. The van der Waals surface area contributed by atoms with Crippen LogP contribution in [0, 0.1) is 11.3 Å². The lowest BCUT2D eigenvalue weighted by molar-refractivity contribution is 0.436. The summed E-state index contributed by atoms with van der Waals surface area (Å²) in [6, 6.07) is 64.4. The lowest BCUT2D eigenvalue weighted by Crippen LogP contribution is -2.32. The zero-order valence-corrected chi connectivity index (χ0v) is 32.0. The topological polar surface area (TPSA) is 68.7 Å². The lowest BCUT2D eigenvalue weighted by Gasteiger charge is -2.39. The SMILES string of the molecule is N#Cc1ccc2c(c1)c1ccccc1n2-c1ccccc1-n1c2ccccc2c2cc(-c3ccc4c(c3)C3(c5ccccc5O4)c4cccnc4-c4ncccc43)ccc21. The quantitative estimate of drug-likeness (QED) is 0.180. The highest BCUT2D eigenvalue weighted by atomic mass is 16.5. The molecule has 5 heterocycles. The van der Waals surface area contributed by atoms with Crippen LogP contribution in [0.15, 0.2) is 188 Å². The van der Waals surface area contributed by atoms with E-state index in [-0.39, 0.29) is 0 Å². The van der Waals surface area contributed by atoms with Gasteiger partial charge in [0.25, 0.3) is 0 Å². The first kappa shape index (κ1) is 32.8. The standard InChI is InChI=1S/C54H31N5O/c55-32-33-21-24-46-38(29-33)36-11-1-4-16-44(36)58(46)48-18-6-7-19-49(48)59-45-17-5-2-12-37(45)39-30-34(22-25-47(39)59)35-23-26-51-43(31-35)54(40-13-3-8-20-50(40)60-51)41-14-9-27-56-52(41)53-42(54)15-10-28-57-53/h1-31H. The molecule has 0 fully saturated rings. The Hall–Kier alpha value is -8.27. The molecule has 0 bridgehead atoms. The van der Waals surface area contributed by atoms with Gasteiger partial charge in [-0.15, -0.1) is 0 Å². The molecule has 13 rings (SSSR count). The number of ether oxygens (including phenoxy) is 1. The van der Waals surface area contributed by atoms with Gasteiger partial charge in [-0.05, 0) is 107 Å². The number of nitriles is 1. The van der Waals surface area contributed by atoms with Crippen molar-refractivity contribution >= 4 is 43.6 Å².